The molecule has 1 amide bonds. The maximum atomic E-state index is 12.7. The predicted octanol–water partition coefficient (Wildman–Crippen LogP) is 5.55. The fraction of sp³-hybridized carbons (Fsp3) is 0.0455. The predicted molar refractivity (Wildman–Crippen MR) is 120 cm³/mol. The van der Waals surface area contributed by atoms with E-state index in [4.69, 9.17) is 33.0 Å². The molecule has 150 valence electrons. The number of nitrogens with zero attached hydrogens (tertiary/aromatic N) is 1. The van der Waals surface area contributed by atoms with Gasteiger partial charge in [0.1, 0.15) is 15.8 Å². The van der Waals surface area contributed by atoms with Gasteiger partial charge >= 0.3 is 5.97 Å². The molecular formula is C22H14ClNO4S2. The lowest BCUT2D eigenvalue weighted by Gasteiger charge is -2.12. The molecule has 0 atom stereocenters. The van der Waals surface area contributed by atoms with Crippen LogP contribution in [0.5, 0.6) is 5.75 Å². The number of thiocarbonyl (C=S) groups is 1. The number of hydrogen-bond donors (Lipinski definition) is 0. The summed E-state index contributed by atoms with van der Waals surface area (Å²) in [6, 6.07) is 17.1. The Bertz CT molecular complexity index is 1140. The molecule has 30 heavy (non-hydrogen) atoms. The van der Waals surface area contributed by atoms with Gasteiger partial charge < -0.3 is 9.15 Å². The average Bonchev–Trinajstić information content (AvgIpc) is 3.35. The smallest absolute Gasteiger partial charge is 0.343 e. The Hall–Kier alpha value is -2.87. The molecule has 1 aliphatic heterocycles. The van der Waals surface area contributed by atoms with Crippen molar-refractivity contribution in [1.29, 1.82) is 0 Å². The van der Waals surface area contributed by atoms with E-state index in [1.807, 2.05) is 6.07 Å². The maximum absolute atomic E-state index is 12.7. The Morgan fingerprint density at radius 2 is 1.97 bits per heavy atom. The quantitative estimate of drug-likeness (QED) is 0.217. The van der Waals surface area contributed by atoms with Crippen molar-refractivity contribution in [3.8, 4) is 5.75 Å². The summed E-state index contributed by atoms with van der Waals surface area (Å²) in [6.45, 7) is 0.282. The lowest BCUT2D eigenvalue weighted by atomic mass is 10.2. The fourth-order valence-electron chi connectivity index (χ4n) is 2.77. The Kier molecular flexibility index (Phi) is 6.03. The first-order valence-corrected chi connectivity index (χ1v) is 10.5. The molecule has 0 radical (unpaired) electrons. The molecule has 3 aromatic rings. The van der Waals surface area contributed by atoms with Gasteiger partial charge in [-0.15, -0.1) is 0 Å². The number of amides is 1. The van der Waals surface area contributed by atoms with Crippen molar-refractivity contribution >= 4 is 57.9 Å². The fourth-order valence-corrected chi connectivity index (χ4v) is 4.25. The second-order valence-electron chi connectivity index (χ2n) is 6.29. The van der Waals surface area contributed by atoms with Gasteiger partial charge in [-0.25, -0.2) is 4.79 Å². The van der Waals surface area contributed by atoms with Crippen molar-refractivity contribution in [2.24, 2.45) is 0 Å². The Morgan fingerprint density at radius 3 is 2.67 bits per heavy atom. The SMILES string of the molecule is O=C(Oc1ccc(C=C2SC(=S)N(Cc3ccco3)C2=O)cc1Cl)c1ccccc1. The maximum Gasteiger partial charge on any atom is 0.343 e. The van der Waals surface area contributed by atoms with E-state index >= 15 is 0 Å². The van der Waals surface area contributed by atoms with Crippen LogP contribution in [0.25, 0.3) is 6.08 Å². The highest BCUT2D eigenvalue weighted by molar-refractivity contribution is 8.26. The van der Waals surface area contributed by atoms with Crippen LogP contribution in [0.4, 0.5) is 0 Å². The third kappa shape index (κ3) is 4.48. The van der Waals surface area contributed by atoms with Crippen molar-refractivity contribution in [1.82, 2.24) is 4.90 Å². The van der Waals surface area contributed by atoms with E-state index in [9.17, 15) is 9.59 Å². The number of benzene rings is 2. The monoisotopic (exact) mass is 455 g/mol. The van der Waals surface area contributed by atoms with Crippen LogP contribution in [0.3, 0.4) is 0 Å². The summed E-state index contributed by atoms with van der Waals surface area (Å²) in [5.41, 5.74) is 1.12. The van der Waals surface area contributed by atoms with Crippen LogP contribution >= 0.6 is 35.6 Å². The molecule has 1 aromatic heterocycles. The zero-order valence-corrected chi connectivity index (χ0v) is 17.8. The van der Waals surface area contributed by atoms with Crippen molar-refractivity contribution in [3.05, 3.63) is 93.7 Å². The van der Waals surface area contributed by atoms with Crippen LogP contribution in [0.15, 0.2) is 76.2 Å². The van der Waals surface area contributed by atoms with Crippen LogP contribution < -0.4 is 4.74 Å². The van der Waals surface area contributed by atoms with E-state index in [0.29, 0.717) is 26.1 Å². The molecule has 0 spiro atoms. The van der Waals surface area contributed by atoms with Crippen molar-refractivity contribution < 1.29 is 18.7 Å². The topological polar surface area (TPSA) is 59.8 Å². The lowest BCUT2D eigenvalue weighted by molar-refractivity contribution is -0.122. The number of thioether (sulfide) groups is 1. The van der Waals surface area contributed by atoms with Gasteiger partial charge in [-0.05, 0) is 48.0 Å². The Labute approximate surface area is 187 Å². The van der Waals surface area contributed by atoms with E-state index in [-0.39, 0.29) is 23.2 Å². The molecule has 1 saturated heterocycles. The summed E-state index contributed by atoms with van der Waals surface area (Å²) >= 11 is 12.8. The van der Waals surface area contributed by atoms with E-state index in [1.165, 1.54) is 16.7 Å². The molecule has 2 heterocycles. The number of ether oxygens (including phenoxy) is 1. The minimum atomic E-state index is -0.496. The highest BCUT2D eigenvalue weighted by atomic mass is 35.5. The van der Waals surface area contributed by atoms with Gasteiger partial charge in [-0.3, -0.25) is 9.69 Å². The molecule has 5 nitrogen and oxygen atoms in total. The molecule has 0 bridgehead atoms. The summed E-state index contributed by atoms with van der Waals surface area (Å²) in [5, 5.41) is 0.263. The summed E-state index contributed by atoms with van der Waals surface area (Å²) in [6.07, 6.45) is 3.26. The molecule has 1 aliphatic rings. The number of carbonyl (C=O) groups excluding carboxylic acids is 2. The molecular weight excluding hydrogens is 442 g/mol. The summed E-state index contributed by atoms with van der Waals surface area (Å²) < 4.78 is 11.1. The average molecular weight is 456 g/mol. The van der Waals surface area contributed by atoms with Crippen LogP contribution in [0.1, 0.15) is 21.7 Å². The number of furan rings is 1. The van der Waals surface area contributed by atoms with Gasteiger partial charge in [0.25, 0.3) is 5.91 Å². The summed E-state index contributed by atoms with van der Waals surface area (Å²) in [4.78, 5) is 26.9. The van der Waals surface area contributed by atoms with E-state index < -0.39 is 5.97 Å². The molecule has 0 saturated carbocycles. The minimum absolute atomic E-state index is 0.197. The van der Waals surface area contributed by atoms with Crippen molar-refractivity contribution in [2.75, 3.05) is 0 Å². The van der Waals surface area contributed by atoms with E-state index in [1.54, 1.807) is 66.9 Å². The van der Waals surface area contributed by atoms with Gasteiger partial charge in [0.15, 0.2) is 0 Å². The first-order chi connectivity index (χ1) is 14.5. The van der Waals surface area contributed by atoms with Gasteiger partial charge in [0, 0.05) is 0 Å². The van der Waals surface area contributed by atoms with E-state index in [0.717, 1.165) is 0 Å². The molecule has 2 aromatic carbocycles. The first kappa shape index (κ1) is 20.4. The van der Waals surface area contributed by atoms with Crippen LogP contribution in [-0.2, 0) is 11.3 Å². The summed E-state index contributed by atoms with van der Waals surface area (Å²) in [5.74, 6) is 0.203. The largest absolute Gasteiger partial charge is 0.467 e. The zero-order chi connectivity index (χ0) is 21.1. The van der Waals surface area contributed by atoms with Crippen LogP contribution in [0, 0.1) is 0 Å². The third-order valence-corrected chi connectivity index (χ3v) is 5.91. The van der Waals surface area contributed by atoms with Crippen LogP contribution in [0.2, 0.25) is 5.02 Å². The highest BCUT2D eigenvalue weighted by Gasteiger charge is 2.32. The second kappa shape index (κ2) is 8.87. The second-order valence-corrected chi connectivity index (χ2v) is 8.38. The molecule has 0 aliphatic carbocycles. The first-order valence-electron chi connectivity index (χ1n) is 8.86. The minimum Gasteiger partial charge on any atom is -0.467 e. The zero-order valence-electron chi connectivity index (χ0n) is 15.4. The Morgan fingerprint density at radius 1 is 1.17 bits per heavy atom. The molecule has 0 unspecified atom stereocenters. The van der Waals surface area contributed by atoms with Crippen molar-refractivity contribution in [2.45, 2.75) is 6.54 Å². The number of halogens is 1. The molecule has 8 heteroatoms. The number of hydrogen-bond acceptors (Lipinski definition) is 6. The molecule has 4 rings (SSSR count). The number of esters is 1. The normalized spacial score (nSPS) is 15.1. The van der Waals surface area contributed by atoms with Crippen molar-refractivity contribution in [3.63, 3.8) is 0 Å². The number of rotatable bonds is 5. The third-order valence-electron chi connectivity index (χ3n) is 4.23. The standard InChI is InChI=1S/C22H14ClNO4S2/c23-17-11-14(8-9-18(17)28-21(26)15-5-2-1-3-6-15)12-19-20(25)24(22(29)30-19)13-16-7-4-10-27-16/h1-12H,13H2. The molecule has 0 N–H and O–H groups in total. The van der Waals surface area contributed by atoms with Gasteiger partial charge in [0.2, 0.25) is 0 Å². The summed E-state index contributed by atoms with van der Waals surface area (Å²) in [7, 11) is 0. The Balaban J connectivity index is 1.49. The van der Waals surface area contributed by atoms with Gasteiger partial charge in [-0.1, -0.05) is 59.8 Å². The lowest BCUT2D eigenvalue weighted by Crippen LogP contribution is -2.27. The van der Waals surface area contributed by atoms with Gasteiger partial charge in [0.05, 0.1) is 28.3 Å². The van der Waals surface area contributed by atoms with Gasteiger partial charge in [-0.2, -0.15) is 0 Å². The highest BCUT2D eigenvalue weighted by Crippen LogP contribution is 2.35. The van der Waals surface area contributed by atoms with Crippen LogP contribution in [-0.4, -0.2) is 21.1 Å². The van der Waals surface area contributed by atoms with E-state index in [2.05, 4.69) is 0 Å². The number of carbonyl (C=O) groups is 2. The molecule has 1 fully saturated rings.